The van der Waals surface area contributed by atoms with Crippen molar-refractivity contribution in [2.24, 2.45) is 0 Å². The maximum Gasteiger partial charge on any atom is 0.136 e. The van der Waals surface area contributed by atoms with Crippen LogP contribution in [0.5, 0.6) is 0 Å². The standard InChI is InChI=1S/C11H14N2OS/c14-11-3-9-1-2-10(4-11)13(9)5-8-6-15-7-12-8/h6-7,9-10H,1-5H2/t9-,10+. The van der Waals surface area contributed by atoms with E-state index in [1.165, 1.54) is 12.8 Å². The smallest absolute Gasteiger partial charge is 0.136 e. The molecule has 3 heterocycles. The summed E-state index contributed by atoms with van der Waals surface area (Å²) in [5.74, 6) is 0.456. The Morgan fingerprint density at radius 2 is 2.13 bits per heavy atom. The Balaban J connectivity index is 1.75. The number of carbonyl (C=O) groups excluding carboxylic acids is 1. The Morgan fingerprint density at radius 1 is 1.40 bits per heavy atom. The minimum Gasteiger partial charge on any atom is -0.300 e. The molecule has 80 valence electrons. The van der Waals surface area contributed by atoms with E-state index in [1.54, 1.807) is 11.3 Å². The molecule has 0 amide bonds. The van der Waals surface area contributed by atoms with Gasteiger partial charge in [-0.15, -0.1) is 11.3 Å². The van der Waals surface area contributed by atoms with Crippen molar-refractivity contribution in [2.75, 3.05) is 0 Å². The highest BCUT2D eigenvalue weighted by atomic mass is 32.1. The molecule has 2 aliphatic heterocycles. The highest BCUT2D eigenvalue weighted by molar-refractivity contribution is 7.07. The van der Waals surface area contributed by atoms with Crippen molar-refractivity contribution in [3.63, 3.8) is 0 Å². The lowest BCUT2D eigenvalue weighted by atomic mass is 10.0. The molecular weight excluding hydrogens is 208 g/mol. The molecule has 2 atom stereocenters. The second-order valence-corrected chi connectivity index (χ2v) is 5.20. The first-order valence-electron chi connectivity index (χ1n) is 5.47. The molecule has 0 unspecified atom stereocenters. The Morgan fingerprint density at radius 3 is 2.73 bits per heavy atom. The van der Waals surface area contributed by atoms with E-state index >= 15 is 0 Å². The van der Waals surface area contributed by atoms with E-state index in [-0.39, 0.29) is 0 Å². The van der Waals surface area contributed by atoms with Gasteiger partial charge < -0.3 is 0 Å². The second kappa shape index (κ2) is 3.68. The van der Waals surface area contributed by atoms with E-state index in [2.05, 4.69) is 15.3 Å². The van der Waals surface area contributed by atoms with Crippen molar-refractivity contribution in [3.8, 4) is 0 Å². The van der Waals surface area contributed by atoms with Gasteiger partial charge in [-0.3, -0.25) is 9.69 Å². The summed E-state index contributed by atoms with van der Waals surface area (Å²) < 4.78 is 0. The first kappa shape index (κ1) is 9.48. The Bertz CT molecular complexity index is 347. The van der Waals surface area contributed by atoms with Crippen LogP contribution in [-0.2, 0) is 11.3 Å². The predicted octanol–water partition coefficient (Wildman–Crippen LogP) is 1.84. The lowest BCUT2D eigenvalue weighted by Gasteiger charge is -2.33. The summed E-state index contributed by atoms with van der Waals surface area (Å²) in [5, 5.41) is 2.11. The van der Waals surface area contributed by atoms with Crippen LogP contribution in [0.15, 0.2) is 10.9 Å². The molecular formula is C11H14N2OS. The lowest BCUT2D eigenvalue weighted by Crippen LogP contribution is -2.42. The monoisotopic (exact) mass is 222 g/mol. The van der Waals surface area contributed by atoms with Gasteiger partial charge in [0, 0.05) is 36.9 Å². The Labute approximate surface area is 93.1 Å². The third kappa shape index (κ3) is 1.72. The van der Waals surface area contributed by atoms with Crippen LogP contribution >= 0.6 is 11.3 Å². The number of thiazole rings is 1. The second-order valence-electron chi connectivity index (χ2n) is 4.48. The molecule has 15 heavy (non-hydrogen) atoms. The summed E-state index contributed by atoms with van der Waals surface area (Å²) in [6.45, 7) is 0.937. The van der Waals surface area contributed by atoms with Crippen LogP contribution in [0.4, 0.5) is 0 Å². The molecule has 3 nitrogen and oxygen atoms in total. The molecule has 2 aliphatic rings. The van der Waals surface area contributed by atoms with Gasteiger partial charge in [0.15, 0.2) is 0 Å². The van der Waals surface area contributed by atoms with E-state index in [0.717, 1.165) is 25.1 Å². The SMILES string of the molecule is O=C1C[C@H]2CC[C@@H](C1)N2Cc1cscn1. The van der Waals surface area contributed by atoms with Gasteiger partial charge in [0.1, 0.15) is 5.78 Å². The van der Waals surface area contributed by atoms with Crippen molar-refractivity contribution < 1.29 is 4.79 Å². The van der Waals surface area contributed by atoms with Crippen LogP contribution in [0.25, 0.3) is 0 Å². The highest BCUT2D eigenvalue weighted by Crippen LogP contribution is 2.34. The first-order chi connectivity index (χ1) is 7.33. The van der Waals surface area contributed by atoms with E-state index < -0.39 is 0 Å². The maximum atomic E-state index is 11.4. The zero-order valence-corrected chi connectivity index (χ0v) is 9.37. The fraction of sp³-hybridized carbons (Fsp3) is 0.636. The molecule has 2 bridgehead atoms. The number of rotatable bonds is 2. The first-order valence-corrected chi connectivity index (χ1v) is 6.42. The third-order valence-corrected chi connectivity index (χ3v) is 4.16. The Kier molecular flexibility index (Phi) is 2.33. The van der Waals surface area contributed by atoms with Gasteiger partial charge in [-0.1, -0.05) is 0 Å². The van der Waals surface area contributed by atoms with Crippen LogP contribution in [0.1, 0.15) is 31.4 Å². The number of piperidine rings is 1. The molecule has 0 aliphatic carbocycles. The molecule has 0 N–H and O–H groups in total. The number of ketones is 1. The molecule has 2 saturated heterocycles. The number of fused-ring (bicyclic) bond motifs is 2. The fourth-order valence-electron chi connectivity index (χ4n) is 2.82. The number of aromatic nitrogens is 1. The van der Waals surface area contributed by atoms with Crippen molar-refractivity contribution in [3.05, 3.63) is 16.6 Å². The number of hydrogen-bond donors (Lipinski definition) is 0. The molecule has 4 heteroatoms. The molecule has 3 rings (SSSR count). The van der Waals surface area contributed by atoms with Crippen molar-refractivity contribution in [1.82, 2.24) is 9.88 Å². The van der Waals surface area contributed by atoms with Crippen LogP contribution < -0.4 is 0 Å². The minimum atomic E-state index is 0.456. The van der Waals surface area contributed by atoms with Crippen LogP contribution in [-0.4, -0.2) is 27.8 Å². The highest BCUT2D eigenvalue weighted by Gasteiger charge is 2.39. The topological polar surface area (TPSA) is 33.2 Å². The number of nitrogens with zero attached hydrogens (tertiary/aromatic N) is 2. The van der Waals surface area contributed by atoms with Gasteiger partial charge in [0.2, 0.25) is 0 Å². The summed E-state index contributed by atoms with van der Waals surface area (Å²) in [4.78, 5) is 18.2. The van der Waals surface area contributed by atoms with Gasteiger partial charge in [-0.05, 0) is 12.8 Å². The fourth-order valence-corrected chi connectivity index (χ4v) is 3.37. The average molecular weight is 222 g/mol. The summed E-state index contributed by atoms with van der Waals surface area (Å²) in [6, 6.07) is 0.996. The van der Waals surface area contributed by atoms with Gasteiger partial charge in [0.05, 0.1) is 11.2 Å². The normalized spacial score (nSPS) is 31.1. The van der Waals surface area contributed by atoms with Crippen molar-refractivity contribution in [1.29, 1.82) is 0 Å². The summed E-state index contributed by atoms with van der Waals surface area (Å²) >= 11 is 1.65. The van der Waals surface area contributed by atoms with Crippen LogP contribution in [0.2, 0.25) is 0 Å². The minimum absolute atomic E-state index is 0.456. The average Bonchev–Trinajstić information content (AvgIpc) is 2.77. The zero-order chi connectivity index (χ0) is 10.3. The van der Waals surface area contributed by atoms with Crippen molar-refractivity contribution >= 4 is 17.1 Å². The quantitative estimate of drug-likeness (QED) is 0.765. The Hall–Kier alpha value is -0.740. The predicted molar refractivity (Wildman–Crippen MR) is 58.7 cm³/mol. The number of carbonyl (C=O) groups is 1. The molecule has 1 aromatic rings. The summed E-state index contributed by atoms with van der Waals surface area (Å²) in [6.07, 6.45) is 3.92. The molecule has 2 fully saturated rings. The maximum absolute atomic E-state index is 11.4. The molecule has 0 spiro atoms. The van der Waals surface area contributed by atoms with E-state index in [9.17, 15) is 4.79 Å². The van der Waals surface area contributed by atoms with Gasteiger partial charge in [0.25, 0.3) is 0 Å². The number of hydrogen-bond acceptors (Lipinski definition) is 4. The molecule has 0 radical (unpaired) electrons. The van der Waals surface area contributed by atoms with E-state index in [0.29, 0.717) is 17.9 Å². The van der Waals surface area contributed by atoms with E-state index in [4.69, 9.17) is 0 Å². The summed E-state index contributed by atoms with van der Waals surface area (Å²) in [5.41, 5.74) is 3.04. The zero-order valence-electron chi connectivity index (χ0n) is 8.56. The van der Waals surface area contributed by atoms with E-state index in [1.807, 2.05) is 5.51 Å². The van der Waals surface area contributed by atoms with Crippen LogP contribution in [0, 0.1) is 0 Å². The molecule has 0 aromatic carbocycles. The molecule has 0 saturated carbocycles. The van der Waals surface area contributed by atoms with Gasteiger partial charge in [-0.25, -0.2) is 4.98 Å². The summed E-state index contributed by atoms with van der Waals surface area (Å²) in [7, 11) is 0. The van der Waals surface area contributed by atoms with Crippen molar-refractivity contribution in [2.45, 2.75) is 44.3 Å². The largest absolute Gasteiger partial charge is 0.300 e. The number of Topliss-reactive ketones (excluding diaryl/α,β-unsaturated/α-hetero) is 1. The van der Waals surface area contributed by atoms with Gasteiger partial charge >= 0.3 is 0 Å². The van der Waals surface area contributed by atoms with Crippen LogP contribution in [0.3, 0.4) is 0 Å². The molecule has 1 aromatic heterocycles. The lowest BCUT2D eigenvalue weighted by molar-refractivity contribution is -0.123. The van der Waals surface area contributed by atoms with Gasteiger partial charge in [-0.2, -0.15) is 0 Å². The third-order valence-electron chi connectivity index (χ3n) is 3.53.